The molecule has 1 fully saturated rings. The number of alkyl halides is 3. The van der Waals surface area contributed by atoms with Crippen LogP contribution in [0.25, 0.3) is 0 Å². The van der Waals surface area contributed by atoms with Crippen molar-refractivity contribution < 1.29 is 50.6 Å². The molecule has 0 saturated carbocycles. The molecule has 0 radical (unpaired) electrons. The van der Waals surface area contributed by atoms with Crippen LogP contribution in [0.4, 0.5) is 18.0 Å². The minimum absolute atomic E-state index is 0.0205. The zero-order chi connectivity index (χ0) is 24.2. The van der Waals surface area contributed by atoms with Gasteiger partial charge in [-0.15, -0.1) is 13.2 Å². The maximum Gasteiger partial charge on any atom is 0.573 e. The molecule has 33 heavy (non-hydrogen) atoms. The van der Waals surface area contributed by atoms with Crippen LogP contribution < -0.4 is 14.8 Å². The molecule has 1 saturated heterocycles. The van der Waals surface area contributed by atoms with Gasteiger partial charge in [0.1, 0.15) is 23.9 Å². The number of halogens is 3. The second-order valence-corrected chi connectivity index (χ2v) is 8.81. The van der Waals surface area contributed by atoms with E-state index in [9.17, 15) is 36.4 Å². The van der Waals surface area contributed by atoms with Gasteiger partial charge in [0.15, 0.2) is 9.84 Å². The molecule has 2 amide bonds. The van der Waals surface area contributed by atoms with Gasteiger partial charge in [0.05, 0.1) is 22.7 Å². The van der Waals surface area contributed by atoms with Crippen molar-refractivity contribution in [1.82, 2.24) is 10.4 Å². The lowest BCUT2D eigenvalue weighted by molar-refractivity contribution is -0.274. The van der Waals surface area contributed by atoms with E-state index < -0.39 is 45.9 Å². The number of nitrogens with one attached hydrogen (secondary N) is 1. The fourth-order valence-corrected chi connectivity index (χ4v) is 4.52. The lowest BCUT2D eigenvalue weighted by atomic mass is 10.1. The summed E-state index contributed by atoms with van der Waals surface area (Å²) in [7, 11) is -4.03. The molecule has 1 aliphatic heterocycles. The number of hydrogen-bond acceptors (Lipinski definition) is 8. The maximum atomic E-state index is 12.8. The van der Waals surface area contributed by atoms with Gasteiger partial charge >= 0.3 is 12.5 Å². The Balaban J connectivity index is 1.69. The van der Waals surface area contributed by atoms with Crippen LogP contribution in [0.5, 0.6) is 17.2 Å². The molecule has 1 heterocycles. The van der Waals surface area contributed by atoms with Crippen LogP contribution in [-0.4, -0.2) is 62.0 Å². The van der Waals surface area contributed by atoms with E-state index >= 15 is 0 Å². The molecule has 2 N–H and O–H groups in total. The third-order valence-corrected chi connectivity index (χ3v) is 6.25. The van der Waals surface area contributed by atoms with E-state index in [1.54, 1.807) is 0 Å². The van der Waals surface area contributed by atoms with E-state index in [0.717, 1.165) is 12.1 Å². The number of sulfone groups is 1. The number of rotatable bonds is 9. The van der Waals surface area contributed by atoms with Crippen molar-refractivity contribution >= 4 is 22.3 Å². The molecule has 2 aromatic carbocycles. The maximum absolute atomic E-state index is 12.8. The quantitative estimate of drug-likeness (QED) is 0.311. The zero-order valence-corrected chi connectivity index (χ0v) is 17.4. The number of carbonyl (C=O) groups excluding carboxylic acids is 2. The highest BCUT2D eigenvalue weighted by atomic mass is 32.2. The van der Waals surface area contributed by atoms with Gasteiger partial charge in [-0.1, -0.05) is 0 Å². The molecule has 1 aliphatic rings. The molecule has 2 atom stereocenters. The Bertz CT molecular complexity index is 1090. The molecule has 3 rings (SSSR count). The third kappa shape index (κ3) is 6.49. The highest BCUT2D eigenvalue weighted by molar-refractivity contribution is 7.91. The smallest absolute Gasteiger partial charge is 0.457 e. The van der Waals surface area contributed by atoms with Crippen molar-refractivity contribution in [1.29, 1.82) is 0 Å². The fourth-order valence-electron chi connectivity index (χ4n) is 2.94. The van der Waals surface area contributed by atoms with Gasteiger partial charge in [0.2, 0.25) is 6.41 Å². The lowest BCUT2D eigenvalue weighted by Gasteiger charge is -2.26. The van der Waals surface area contributed by atoms with Crippen molar-refractivity contribution in [2.24, 2.45) is 0 Å². The van der Waals surface area contributed by atoms with Crippen LogP contribution in [0.15, 0.2) is 53.4 Å². The van der Waals surface area contributed by atoms with Crippen molar-refractivity contribution in [3.63, 3.8) is 0 Å². The third-order valence-electron chi connectivity index (χ3n) is 4.48. The number of benzene rings is 2. The van der Waals surface area contributed by atoms with Crippen molar-refractivity contribution in [3.05, 3.63) is 48.5 Å². The molecule has 14 heteroatoms. The summed E-state index contributed by atoms with van der Waals surface area (Å²) in [6, 6.07) is 7.43. The predicted molar refractivity (Wildman–Crippen MR) is 103 cm³/mol. The highest BCUT2D eigenvalue weighted by Crippen LogP contribution is 2.28. The molecule has 0 aromatic heterocycles. The Morgan fingerprint density at radius 1 is 1.12 bits per heavy atom. The number of hydrogen-bond donors (Lipinski definition) is 2. The second-order valence-electron chi connectivity index (χ2n) is 6.78. The van der Waals surface area contributed by atoms with E-state index in [2.05, 4.69) is 14.8 Å². The average Bonchev–Trinajstić information content (AvgIpc) is 3.18. The lowest BCUT2D eigenvalue weighted by Crippen LogP contribution is -2.51. The molecule has 0 spiro atoms. The summed E-state index contributed by atoms with van der Waals surface area (Å²) in [5.41, 5.74) is 0. The van der Waals surface area contributed by atoms with E-state index in [1.165, 1.54) is 36.4 Å². The van der Waals surface area contributed by atoms with Gasteiger partial charge < -0.3 is 19.5 Å². The Morgan fingerprint density at radius 3 is 2.15 bits per heavy atom. The molecule has 0 bridgehead atoms. The summed E-state index contributed by atoms with van der Waals surface area (Å²) in [5.74, 6) is -0.762. The van der Waals surface area contributed by atoms with E-state index in [0.29, 0.717) is 0 Å². The van der Waals surface area contributed by atoms with Gasteiger partial charge in [-0.2, -0.15) is 0 Å². The first-order valence-corrected chi connectivity index (χ1v) is 10.8. The first-order valence-electron chi connectivity index (χ1n) is 9.19. The number of alkyl carbamates (subject to hydrolysis) is 1. The standard InChI is InChI=1S/C19H17F3N2O8S/c20-19(21,22)32-14-3-1-12(2-4-14)31-13-5-7-15(8-6-13)33(28,29)10-17(24(27)11-25)16-9-30-18(26)23-16/h1-8,11,16-17,27H,9-10H2,(H,23,26). The molecular weight excluding hydrogens is 473 g/mol. The van der Waals surface area contributed by atoms with Crippen LogP contribution in [0.1, 0.15) is 0 Å². The number of ether oxygens (including phenoxy) is 3. The fraction of sp³-hybridized carbons (Fsp3) is 0.263. The van der Waals surface area contributed by atoms with Gasteiger partial charge in [-0.3, -0.25) is 10.0 Å². The Hall–Kier alpha value is -3.52. The van der Waals surface area contributed by atoms with Crippen LogP contribution in [0, 0.1) is 0 Å². The summed E-state index contributed by atoms with van der Waals surface area (Å²) in [5, 5.41) is 12.2. The number of amides is 2. The minimum atomic E-state index is -4.82. The zero-order valence-electron chi connectivity index (χ0n) is 16.6. The molecule has 0 aliphatic carbocycles. The SMILES string of the molecule is O=CN(O)C(CS(=O)(=O)c1ccc(Oc2ccc(OC(F)(F)F)cc2)cc1)C1COC(=O)N1. The van der Waals surface area contributed by atoms with Crippen molar-refractivity contribution in [2.75, 3.05) is 12.4 Å². The van der Waals surface area contributed by atoms with Gasteiger partial charge in [-0.25, -0.2) is 18.3 Å². The normalized spacial score (nSPS) is 17.0. The molecule has 2 aromatic rings. The van der Waals surface area contributed by atoms with Crippen molar-refractivity contribution in [2.45, 2.75) is 23.3 Å². The van der Waals surface area contributed by atoms with Crippen LogP contribution in [0.2, 0.25) is 0 Å². The van der Waals surface area contributed by atoms with Gasteiger partial charge in [0.25, 0.3) is 0 Å². The highest BCUT2D eigenvalue weighted by Gasteiger charge is 2.37. The molecule has 10 nitrogen and oxygen atoms in total. The van der Waals surface area contributed by atoms with Gasteiger partial charge in [-0.05, 0) is 48.5 Å². The molecule has 2 unspecified atom stereocenters. The van der Waals surface area contributed by atoms with Crippen LogP contribution in [-0.2, 0) is 19.4 Å². The monoisotopic (exact) mass is 490 g/mol. The Kier molecular flexibility index (Phi) is 6.98. The molecular formula is C19H17F3N2O8S. The second kappa shape index (κ2) is 9.54. The van der Waals surface area contributed by atoms with Crippen LogP contribution >= 0.6 is 0 Å². The Morgan fingerprint density at radius 2 is 1.67 bits per heavy atom. The predicted octanol–water partition coefficient (Wildman–Crippen LogP) is 2.48. The summed E-state index contributed by atoms with van der Waals surface area (Å²) in [4.78, 5) is 22.0. The Labute approximate surface area is 185 Å². The number of cyclic esters (lactones) is 1. The van der Waals surface area contributed by atoms with Crippen LogP contribution in [0.3, 0.4) is 0 Å². The van der Waals surface area contributed by atoms with Gasteiger partial charge in [0, 0.05) is 0 Å². The number of carbonyl (C=O) groups is 2. The summed E-state index contributed by atoms with van der Waals surface area (Å²) >= 11 is 0. The minimum Gasteiger partial charge on any atom is -0.457 e. The average molecular weight is 490 g/mol. The largest absolute Gasteiger partial charge is 0.573 e. The first kappa shape index (κ1) is 24.1. The van der Waals surface area contributed by atoms with Crippen molar-refractivity contribution in [3.8, 4) is 17.2 Å². The number of nitrogens with zero attached hydrogens (tertiary/aromatic N) is 1. The van der Waals surface area contributed by atoms with E-state index in [-0.39, 0.29) is 34.5 Å². The van der Waals surface area contributed by atoms with E-state index in [4.69, 9.17) is 4.74 Å². The topological polar surface area (TPSA) is 131 Å². The first-order chi connectivity index (χ1) is 15.5. The van der Waals surface area contributed by atoms with E-state index in [1.807, 2.05) is 0 Å². The summed E-state index contributed by atoms with van der Waals surface area (Å²) in [6.07, 6.45) is -5.61. The number of hydroxylamine groups is 2. The summed E-state index contributed by atoms with van der Waals surface area (Å²) < 4.78 is 76.1. The molecule has 178 valence electrons. The summed E-state index contributed by atoms with van der Waals surface area (Å²) in [6.45, 7) is -0.233.